The number of hydrogen-bond donors (Lipinski definition) is 1. The number of hydrogen-bond acceptors (Lipinski definition) is 2. The zero-order chi connectivity index (χ0) is 13.7. The number of nitrogens with one attached hydrogen (secondary N) is 1. The Morgan fingerprint density at radius 1 is 1.11 bits per heavy atom. The van der Waals surface area contributed by atoms with Crippen LogP contribution in [0, 0.1) is 0 Å². The summed E-state index contributed by atoms with van der Waals surface area (Å²) < 4.78 is 0. The Morgan fingerprint density at radius 3 is 2.47 bits per heavy atom. The van der Waals surface area contributed by atoms with E-state index in [-0.39, 0.29) is 0 Å². The molecule has 1 heterocycles. The summed E-state index contributed by atoms with van der Waals surface area (Å²) in [6.45, 7) is 5.35. The van der Waals surface area contributed by atoms with Crippen LogP contribution in [-0.4, -0.2) is 12.0 Å². The Labute approximate surface area is 115 Å². The van der Waals surface area contributed by atoms with Crippen LogP contribution in [-0.2, 0) is 6.54 Å². The second-order valence-electron chi connectivity index (χ2n) is 5.04. The zero-order valence-corrected chi connectivity index (χ0v) is 12.0. The van der Waals surface area contributed by atoms with Crippen LogP contribution in [0.4, 0.5) is 0 Å². The van der Waals surface area contributed by atoms with Gasteiger partial charge in [-0.25, -0.2) is 0 Å². The maximum atomic E-state index is 4.31. The first-order valence-electron chi connectivity index (χ1n) is 6.93. The summed E-state index contributed by atoms with van der Waals surface area (Å²) in [5.74, 6) is 0.628. The first kappa shape index (κ1) is 13.8. The van der Waals surface area contributed by atoms with Gasteiger partial charge in [0, 0.05) is 24.5 Å². The number of nitrogens with zero attached hydrogens (tertiary/aromatic N) is 1. The average molecular weight is 254 g/mol. The molecule has 1 unspecified atom stereocenters. The van der Waals surface area contributed by atoms with Crippen molar-refractivity contribution in [3.05, 3.63) is 53.9 Å². The standard InChI is InChI=1S/C17H22N2/c1-4-13(2)15-5-7-16(8-6-15)17-9-14(10-18-3)11-19-12-17/h5-9,11-13,18H,4,10H2,1-3H3. The fraction of sp³-hybridized carbons (Fsp3) is 0.353. The van der Waals surface area contributed by atoms with E-state index >= 15 is 0 Å². The van der Waals surface area contributed by atoms with Crippen molar-refractivity contribution in [3.63, 3.8) is 0 Å². The molecular formula is C17H22N2. The number of benzene rings is 1. The Bertz CT molecular complexity index is 517. The molecule has 0 fully saturated rings. The first-order chi connectivity index (χ1) is 9.24. The predicted molar refractivity (Wildman–Crippen MR) is 81.1 cm³/mol. The minimum Gasteiger partial charge on any atom is -0.316 e. The van der Waals surface area contributed by atoms with Crippen LogP contribution < -0.4 is 5.32 Å². The van der Waals surface area contributed by atoms with Gasteiger partial charge < -0.3 is 5.32 Å². The third kappa shape index (κ3) is 3.42. The quantitative estimate of drug-likeness (QED) is 0.873. The third-order valence-corrected chi connectivity index (χ3v) is 3.60. The molecule has 2 aromatic rings. The van der Waals surface area contributed by atoms with E-state index in [1.165, 1.54) is 28.7 Å². The molecule has 2 rings (SSSR count). The van der Waals surface area contributed by atoms with E-state index in [9.17, 15) is 0 Å². The highest BCUT2D eigenvalue weighted by atomic mass is 14.8. The van der Waals surface area contributed by atoms with E-state index in [1.807, 2.05) is 19.4 Å². The molecule has 0 radical (unpaired) electrons. The maximum absolute atomic E-state index is 4.31. The largest absolute Gasteiger partial charge is 0.316 e. The van der Waals surface area contributed by atoms with E-state index in [2.05, 4.69) is 54.5 Å². The minimum atomic E-state index is 0.628. The van der Waals surface area contributed by atoms with E-state index in [1.54, 1.807) is 0 Å². The normalized spacial score (nSPS) is 12.4. The topological polar surface area (TPSA) is 24.9 Å². The van der Waals surface area contributed by atoms with Gasteiger partial charge in [-0.1, -0.05) is 38.1 Å². The lowest BCUT2D eigenvalue weighted by Gasteiger charge is -2.10. The van der Waals surface area contributed by atoms with Crippen molar-refractivity contribution >= 4 is 0 Å². The van der Waals surface area contributed by atoms with Gasteiger partial charge in [0.25, 0.3) is 0 Å². The summed E-state index contributed by atoms with van der Waals surface area (Å²) in [5, 5.41) is 3.15. The van der Waals surface area contributed by atoms with Gasteiger partial charge in [-0.2, -0.15) is 0 Å². The van der Waals surface area contributed by atoms with Crippen molar-refractivity contribution in [2.75, 3.05) is 7.05 Å². The van der Waals surface area contributed by atoms with Crippen molar-refractivity contribution in [1.29, 1.82) is 0 Å². The Balaban J connectivity index is 2.24. The highest BCUT2D eigenvalue weighted by molar-refractivity contribution is 5.63. The summed E-state index contributed by atoms with van der Waals surface area (Å²) in [6.07, 6.45) is 5.02. The molecule has 0 aliphatic heterocycles. The summed E-state index contributed by atoms with van der Waals surface area (Å²) in [7, 11) is 1.95. The van der Waals surface area contributed by atoms with Crippen molar-refractivity contribution in [2.45, 2.75) is 32.7 Å². The molecule has 0 amide bonds. The molecule has 1 aromatic carbocycles. The fourth-order valence-corrected chi connectivity index (χ4v) is 2.19. The highest BCUT2D eigenvalue weighted by Crippen LogP contribution is 2.24. The average Bonchev–Trinajstić information content (AvgIpc) is 2.47. The van der Waals surface area contributed by atoms with Gasteiger partial charge in [0.2, 0.25) is 0 Å². The van der Waals surface area contributed by atoms with Crippen LogP contribution in [0.25, 0.3) is 11.1 Å². The van der Waals surface area contributed by atoms with Crippen LogP contribution >= 0.6 is 0 Å². The van der Waals surface area contributed by atoms with Crippen LogP contribution in [0.1, 0.15) is 37.3 Å². The second kappa shape index (κ2) is 6.48. The molecule has 0 saturated carbocycles. The fourth-order valence-electron chi connectivity index (χ4n) is 2.19. The summed E-state index contributed by atoms with van der Waals surface area (Å²) in [6, 6.07) is 11.0. The Morgan fingerprint density at radius 2 is 1.84 bits per heavy atom. The molecule has 2 heteroatoms. The van der Waals surface area contributed by atoms with E-state index in [0.717, 1.165) is 6.54 Å². The van der Waals surface area contributed by atoms with Gasteiger partial charge in [-0.05, 0) is 42.1 Å². The van der Waals surface area contributed by atoms with E-state index in [4.69, 9.17) is 0 Å². The first-order valence-corrected chi connectivity index (χ1v) is 6.93. The van der Waals surface area contributed by atoms with Gasteiger partial charge >= 0.3 is 0 Å². The van der Waals surface area contributed by atoms with Gasteiger partial charge in [0.05, 0.1) is 0 Å². The van der Waals surface area contributed by atoms with E-state index < -0.39 is 0 Å². The molecule has 0 saturated heterocycles. The molecular weight excluding hydrogens is 232 g/mol. The molecule has 100 valence electrons. The van der Waals surface area contributed by atoms with Crippen molar-refractivity contribution in [2.24, 2.45) is 0 Å². The number of aromatic nitrogens is 1. The number of rotatable bonds is 5. The van der Waals surface area contributed by atoms with E-state index in [0.29, 0.717) is 5.92 Å². The zero-order valence-electron chi connectivity index (χ0n) is 12.0. The number of pyridine rings is 1. The summed E-state index contributed by atoms with van der Waals surface area (Å²) in [4.78, 5) is 4.31. The molecule has 2 nitrogen and oxygen atoms in total. The SMILES string of the molecule is CCC(C)c1ccc(-c2cncc(CNC)c2)cc1. The summed E-state index contributed by atoms with van der Waals surface area (Å²) in [5.41, 5.74) is 5.04. The third-order valence-electron chi connectivity index (χ3n) is 3.60. The molecule has 0 spiro atoms. The maximum Gasteiger partial charge on any atom is 0.0346 e. The van der Waals surface area contributed by atoms with Crippen LogP contribution in [0.2, 0.25) is 0 Å². The Kier molecular flexibility index (Phi) is 4.69. The monoisotopic (exact) mass is 254 g/mol. The lowest BCUT2D eigenvalue weighted by Crippen LogP contribution is -2.05. The second-order valence-corrected chi connectivity index (χ2v) is 5.04. The minimum absolute atomic E-state index is 0.628. The van der Waals surface area contributed by atoms with Crippen LogP contribution in [0.3, 0.4) is 0 Å². The lowest BCUT2D eigenvalue weighted by molar-refractivity contribution is 0.734. The molecule has 1 atom stereocenters. The van der Waals surface area contributed by atoms with Crippen molar-refractivity contribution < 1.29 is 0 Å². The van der Waals surface area contributed by atoms with Gasteiger partial charge in [0.15, 0.2) is 0 Å². The molecule has 1 aromatic heterocycles. The molecule has 0 aliphatic carbocycles. The Hall–Kier alpha value is -1.67. The van der Waals surface area contributed by atoms with Crippen LogP contribution in [0.15, 0.2) is 42.7 Å². The van der Waals surface area contributed by atoms with Gasteiger partial charge in [-0.15, -0.1) is 0 Å². The molecule has 19 heavy (non-hydrogen) atoms. The molecule has 1 N–H and O–H groups in total. The summed E-state index contributed by atoms with van der Waals surface area (Å²) >= 11 is 0. The molecule has 0 aliphatic rings. The highest BCUT2D eigenvalue weighted by Gasteiger charge is 2.04. The van der Waals surface area contributed by atoms with Gasteiger partial charge in [0.1, 0.15) is 0 Å². The smallest absolute Gasteiger partial charge is 0.0346 e. The predicted octanol–water partition coefficient (Wildman–Crippen LogP) is 3.98. The van der Waals surface area contributed by atoms with Crippen molar-refractivity contribution in [1.82, 2.24) is 10.3 Å². The molecule has 0 bridgehead atoms. The van der Waals surface area contributed by atoms with Crippen molar-refractivity contribution in [3.8, 4) is 11.1 Å². The lowest BCUT2D eigenvalue weighted by atomic mass is 9.96. The van der Waals surface area contributed by atoms with Gasteiger partial charge in [-0.3, -0.25) is 4.98 Å². The van der Waals surface area contributed by atoms with Crippen LogP contribution in [0.5, 0.6) is 0 Å².